The highest BCUT2D eigenvalue weighted by molar-refractivity contribution is 5.45. The van der Waals surface area contributed by atoms with Crippen LogP contribution in [0.25, 0.3) is 0 Å². The molecule has 0 atom stereocenters. The van der Waals surface area contributed by atoms with Gasteiger partial charge in [0.2, 0.25) is 12.0 Å². The van der Waals surface area contributed by atoms with Crippen molar-refractivity contribution in [1.82, 2.24) is 9.78 Å². The number of methoxy groups -OCH3 is 1. The van der Waals surface area contributed by atoms with Gasteiger partial charge in [0.05, 0.1) is 7.11 Å². The second kappa shape index (κ2) is 2.98. The van der Waals surface area contributed by atoms with E-state index < -0.39 is 0 Å². The average molecular weight is 153 g/mol. The molecule has 0 spiro atoms. The van der Waals surface area contributed by atoms with E-state index in [0.29, 0.717) is 11.7 Å². The first-order valence-electron chi connectivity index (χ1n) is 2.94. The zero-order valence-corrected chi connectivity index (χ0v) is 6.24. The number of ether oxygens (including phenoxy) is 1. The minimum absolute atomic E-state index is 0.305. The van der Waals surface area contributed by atoms with Crippen LogP contribution in [-0.2, 0) is 11.8 Å². The van der Waals surface area contributed by atoms with Gasteiger partial charge in [0.1, 0.15) is 0 Å². The topological polar surface area (TPSA) is 56.5 Å². The van der Waals surface area contributed by atoms with E-state index in [2.05, 4.69) is 10.1 Å². The third kappa shape index (κ3) is 1.45. The van der Waals surface area contributed by atoms with Crippen molar-refractivity contribution in [3.8, 4) is 5.88 Å². The number of isocyanates is 1. The van der Waals surface area contributed by atoms with E-state index in [1.807, 2.05) is 0 Å². The molecule has 0 aliphatic heterocycles. The van der Waals surface area contributed by atoms with Crippen molar-refractivity contribution in [1.29, 1.82) is 0 Å². The second-order valence-electron chi connectivity index (χ2n) is 1.87. The van der Waals surface area contributed by atoms with Gasteiger partial charge in [-0.1, -0.05) is 0 Å². The van der Waals surface area contributed by atoms with Crippen LogP contribution in [-0.4, -0.2) is 23.0 Å². The molecule has 0 radical (unpaired) electrons. The van der Waals surface area contributed by atoms with Crippen LogP contribution in [0.1, 0.15) is 0 Å². The van der Waals surface area contributed by atoms with Crippen molar-refractivity contribution < 1.29 is 9.53 Å². The van der Waals surface area contributed by atoms with Crippen LogP contribution >= 0.6 is 0 Å². The number of nitrogens with zero attached hydrogens (tertiary/aromatic N) is 3. The van der Waals surface area contributed by atoms with Crippen molar-refractivity contribution in [3.63, 3.8) is 0 Å². The van der Waals surface area contributed by atoms with Crippen LogP contribution in [0.15, 0.2) is 11.1 Å². The number of hydrogen-bond acceptors (Lipinski definition) is 4. The molecule has 0 aromatic carbocycles. The quantitative estimate of drug-likeness (QED) is 0.456. The van der Waals surface area contributed by atoms with E-state index in [9.17, 15) is 4.79 Å². The molecular formula is C6H7N3O2. The molecule has 1 aromatic heterocycles. The molecule has 1 aromatic rings. The molecule has 1 heterocycles. The summed E-state index contributed by atoms with van der Waals surface area (Å²) < 4.78 is 6.36. The van der Waals surface area contributed by atoms with Crippen LogP contribution in [0.2, 0.25) is 0 Å². The first-order chi connectivity index (χ1) is 5.27. The Hall–Kier alpha value is -1.61. The summed E-state index contributed by atoms with van der Waals surface area (Å²) in [7, 11) is 3.22. The third-order valence-corrected chi connectivity index (χ3v) is 1.19. The van der Waals surface area contributed by atoms with Gasteiger partial charge in [-0.2, -0.15) is 0 Å². The molecule has 0 bridgehead atoms. The Morgan fingerprint density at radius 1 is 1.82 bits per heavy atom. The van der Waals surface area contributed by atoms with Gasteiger partial charge in [-0.25, -0.2) is 9.48 Å². The van der Waals surface area contributed by atoms with Crippen molar-refractivity contribution in [2.45, 2.75) is 0 Å². The summed E-state index contributed by atoms with van der Waals surface area (Å²) in [6.45, 7) is 0. The first-order valence-corrected chi connectivity index (χ1v) is 2.94. The molecule has 11 heavy (non-hydrogen) atoms. The van der Waals surface area contributed by atoms with Gasteiger partial charge >= 0.3 is 0 Å². The zero-order valence-electron chi connectivity index (χ0n) is 6.24. The molecule has 5 heteroatoms. The van der Waals surface area contributed by atoms with Crippen molar-refractivity contribution >= 4 is 11.9 Å². The molecule has 0 saturated carbocycles. The Kier molecular flexibility index (Phi) is 2.03. The number of rotatable bonds is 2. The van der Waals surface area contributed by atoms with E-state index in [1.54, 1.807) is 13.1 Å². The molecule has 0 fully saturated rings. The van der Waals surface area contributed by atoms with Crippen molar-refractivity contribution in [3.05, 3.63) is 6.07 Å². The SMILES string of the molecule is COc1cc(N=C=O)nn1C. The monoisotopic (exact) mass is 153 g/mol. The maximum Gasteiger partial charge on any atom is 0.242 e. The predicted octanol–water partition coefficient (Wildman–Crippen LogP) is 0.396. The Labute approximate surface area is 63.3 Å². The fourth-order valence-corrected chi connectivity index (χ4v) is 0.728. The van der Waals surface area contributed by atoms with E-state index in [0.717, 1.165) is 0 Å². The fraction of sp³-hybridized carbons (Fsp3) is 0.333. The molecule has 0 saturated heterocycles. The van der Waals surface area contributed by atoms with Crippen molar-refractivity contribution in [2.24, 2.45) is 12.0 Å². The van der Waals surface area contributed by atoms with Gasteiger partial charge in [-0.05, 0) is 0 Å². The standard InChI is InChI=1S/C6H7N3O2/c1-9-6(11-2)3-5(8-9)7-4-10/h3H,1-2H3. The number of aromatic nitrogens is 2. The fourth-order valence-electron chi connectivity index (χ4n) is 0.728. The minimum atomic E-state index is 0.305. The molecule has 0 aliphatic carbocycles. The maximum absolute atomic E-state index is 9.80. The lowest BCUT2D eigenvalue weighted by Crippen LogP contribution is -1.93. The number of aliphatic imine (C=N–C) groups is 1. The van der Waals surface area contributed by atoms with Crippen LogP contribution < -0.4 is 4.74 Å². The number of carbonyl (C=O) groups excluding carboxylic acids is 1. The normalized spacial score (nSPS) is 8.91. The lowest BCUT2D eigenvalue weighted by atomic mass is 10.6. The van der Waals surface area contributed by atoms with E-state index >= 15 is 0 Å². The first kappa shape index (κ1) is 7.50. The number of aryl methyl sites for hydroxylation is 1. The smallest absolute Gasteiger partial charge is 0.242 e. The Morgan fingerprint density at radius 3 is 3.00 bits per heavy atom. The Balaban J connectivity index is 3.04. The van der Waals surface area contributed by atoms with Gasteiger partial charge in [-0.3, -0.25) is 0 Å². The Bertz CT molecular complexity index is 299. The van der Waals surface area contributed by atoms with Crippen LogP contribution in [0, 0.1) is 0 Å². The highest BCUT2D eigenvalue weighted by Crippen LogP contribution is 2.16. The summed E-state index contributed by atoms with van der Waals surface area (Å²) in [4.78, 5) is 13.1. The zero-order chi connectivity index (χ0) is 8.27. The van der Waals surface area contributed by atoms with E-state index in [1.165, 1.54) is 17.9 Å². The van der Waals surface area contributed by atoms with Crippen LogP contribution in [0.3, 0.4) is 0 Å². The van der Waals surface area contributed by atoms with Gasteiger partial charge in [0.25, 0.3) is 0 Å². The highest BCUT2D eigenvalue weighted by Gasteiger charge is 2.01. The summed E-state index contributed by atoms with van der Waals surface area (Å²) in [6, 6.07) is 1.55. The van der Waals surface area contributed by atoms with Gasteiger partial charge < -0.3 is 4.74 Å². The second-order valence-corrected chi connectivity index (χ2v) is 1.87. The average Bonchev–Trinajstić information content (AvgIpc) is 2.32. The van der Waals surface area contributed by atoms with Crippen molar-refractivity contribution in [2.75, 3.05) is 7.11 Å². The molecule has 5 nitrogen and oxygen atoms in total. The largest absolute Gasteiger partial charge is 0.481 e. The Morgan fingerprint density at radius 2 is 2.55 bits per heavy atom. The van der Waals surface area contributed by atoms with Gasteiger partial charge in [0, 0.05) is 13.1 Å². The third-order valence-electron chi connectivity index (χ3n) is 1.19. The summed E-state index contributed by atoms with van der Waals surface area (Å²) in [5.74, 6) is 0.860. The predicted molar refractivity (Wildman–Crippen MR) is 37.5 cm³/mol. The number of hydrogen-bond donors (Lipinski definition) is 0. The molecule has 1 rings (SSSR count). The molecule has 58 valence electrons. The lowest BCUT2D eigenvalue weighted by molar-refractivity contribution is 0.373. The molecular weight excluding hydrogens is 146 g/mol. The van der Waals surface area contributed by atoms with E-state index in [4.69, 9.17) is 4.74 Å². The van der Waals surface area contributed by atoms with Crippen LogP contribution in [0.4, 0.5) is 5.82 Å². The van der Waals surface area contributed by atoms with Gasteiger partial charge in [0.15, 0.2) is 5.82 Å². The molecule has 0 N–H and O–H groups in total. The molecule has 0 aliphatic rings. The molecule has 0 amide bonds. The lowest BCUT2D eigenvalue weighted by Gasteiger charge is -1.95. The summed E-state index contributed by atoms with van der Waals surface area (Å²) in [5, 5.41) is 3.83. The summed E-state index contributed by atoms with van der Waals surface area (Å²) in [6.07, 6.45) is 1.39. The maximum atomic E-state index is 9.80. The summed E-state index contributed by atoms with van der Waals surface area (Å²) in [5.41, 5.74) is 0. The summed E-state index contributed by atoms with van der Waals surface area (Å²) >= 11 is 0. The van der Waals surface area contributed by atoms with Gasteiger partial charge in [-0.15, -0.1) is 10.1 Å². The van der Waals surface area contributed by atoms with E-state index in [-0.39, 0.29) is 0 Å². The molecule has 0 unspecified atom stereocenters. The minimum Gasteiger partial charge on any atom is -0.481 e. The highest BCUT2D eigenvalue weighted by atomic mass is 16.5. The van der Waals surface area contributed by atoms with Crippen LogP contribution in [0.5, 0.6) is 5.88 Å².